The molecule has 0 aliphatic carbocycles. The number of aliphatic carboxylic acids is 1. The third-order valence-electron chi connectivity index (χ3n) is 3.24. The van der Waals surface area contributed by atoms with E-state index in [0.29, 0.717) is 18.0 Å². The lowest BCUT2D eigenvalue weighted by atomic mass is 10.1. The average Bonchev–Trinajstić information content (AvgIpc) is 2.59. The Labute approximate surface area is 146 Å². The molecule has 2 rings (SSSR count). The van der Waals surface area contributed by atoms with Gasteiger partial charge in [0.15, 0.2) is 6.61 Å². The van der Waals surface area contributed by atoms with Crippen molar-refractivity contribution in [2.75, 3.05) is 18.5 Å². The molecule has 6 nitrogen and oxygen atoms in total. The number of carboxylic acids is 1. The van der Waals surface area contributed by atoms with Gasteiger partial charge >= 0.3 is 5.97 Å². The first-order valence-corrected chi connectivity index (χ1v) is 8.03. The summed E-state index contributed by atoms with van der Waals surface area (Å²) in [4.78, 5) is 22.6. The predicted octanol–water partition coefficient (Wildman–Crippen LogP) is 3.12. The lowest BCUT2D eigenvalue weighted by Gasteiger charge is -2.09. The number of hydrogen-bond donors (Lipinski definition) is 2. The Bertz CT molecular complexity index is 712. The van der Waals surface area contributed by atoms with Gasteiger partial charge in [0.2, 0.25) is 5.91 Å². The van der Waals surface area contributed by atoms with Crippen LogP contribution in [0.1, 0.15) is 18.9 Å². The lowest BCUT2D eigenvalue weighted by molar-refractivity contribution is -0.139. The van der Waals surface area contributed by atoms with Crippen molar-refractivity contribution < 1.29 is 24.2 Å². The SMILES string of the molecule is CCCOc1cccc(CC(=O)Nc2ccc(OCC(=O)O)cc2)c1. The van der Waals surface area contributed by atoms with Crippen LogP contribution in [0.15, 0.2) is 48.5 Å². The van der Waals surface area contributed by atoms with E-state index in [-0.39, 0.29) is 12.3 Å². The minimum atomic E-state index is -1.04. The quantitative estimate of drug-likeness (QED) is 0.731. The van der Waals surface area contributed by atoms with Crippen molar-refractivity contribution in [3.8, 4) is 11.5 Å². The molecule has 0 radical (unpaired) electrons. The number of benzene rings is 2. The Morgan fingerprint density at radius 2 is 1.80 bits per heavy atom. The Balaban J connectivity index is 1.88. The highest BCUT2D eigenvalue weighted by Gasteiger charge is 2.06. The summed E-state index contributed by atoms with van der Waals surface area (Å²) < 4.78 is 10.6. The minimum Gasteiger partial charge on any atom is -0.494 e. The fourth-order valence-electron chi connectivity index (χ4n) is 2.14. The maximum Gasteiger partial charge on any atom is 0.341 e. The zero-order valence-corrected chi connectivity index (χ0v) is 14.0. The van der Waals surface area contributed by atoms with Crippen molar-refractivity contribution in [1.82, 2.24) is 0 Å². The van der Waals surface area contributed by atoms with Crippen LogP contribution < -0.4 is 14.8 Å². The van der Waals surface area contributed by atoms with Gasteiger partial charge in [-0.15, -0.1) is 0 Å². The van der Waals surface area contributed by atoms with Crippen molar-refractivity contribution in [1.29, 1.82) is 0 Å². The Morgan fingerprint density at radius 3 is 2.48 bits per heavy atom. The van der Waals surface area contributed by atoms with Crippen molar-refractivity contribution in [3.05, 3.63) is 54.1 Å². The Hall–Kier alpha value is -3.02. The molecule has 0 fully saturated rings. The molecule has 1 amide bonds. The van der Waals surface area contributed by atoms with Crippen LogP contribution in [0.2, 0.25) is 0 Å². The summed E-state index contributed by atoms with van der Waals surface area (Å²) in [6.07, 6.45) is 1.16. The maximum absolute atomic E-state index is 12.1. The molecule has 6 heteroatoms. The molecule has 2 N–H and O–H groups in total. The van der Waals surface area contributed by atoms with Gasteiger partial charge in [-0.25, -0.2) is 4.79 Å². The Morgan fingerprint density at radius 1 is 1.04 bits per heavy atom. The van der Waals surface area contributed by atoms with Crippen LogP contribution in [0.3, 0.4) is 0 Å². The van der Waals surface area contributed by atoms with Gasteiger partial charge in [0.05, 0.1) is 13.0 Å². The van der Waals surface area contributed by atoms with Crippen LogP contribution in [-0.2, 0) is 16.0 Å². The summed E-state index contributed by atoms with van der Waals surface area (Å²) in [5, 5.41) is 11.4. The highest BCUT2D eigenvalue weighted by molar-refractivity contribution is 5.92. The molecule has 0 aliphatic heterocycles. The molecular weight excluding hydrogens is 322 g/mol. The molecule has 0 aliphatic rings. The van der Waals surface area contributed by atoms with Gasteiger partial charge in [-0.2, -0.15) is 0 Å². The lowest BCUT2D eigenvalue weighted by Crippen LogP contribution is -2.14. The van der Waals surface area contributed by atoms with Gasteiger partial charge in [0.25, 0.3) is 0 Å². The molecule has 2 aromatic carbocycles. The smallest absolute Gasteiger partial charge is 0.341 e. The third kappa shape index (κ3) is 6.55. The summed E-state index contributed by atoms with van der Waals surface area (Å²) in [6.45, 7) is 2.28. The zero-order valence-electron chi connectivity index (χ0n) is 14.0. The second kappa shape index (κ2) is 9.32. The third-order valence-corrected chi connectivity index (χ3v) is 3.24. The van der Waals surface area contributed by atoms with Crippen LogP contribution in [-0.4, -0.2) is 30.2 Å². The number of carbonyl (C=O) groups is 2. The molecule has 0 aromatic heterocycles. The van der Waals surface area contributed by atoms with E-state index in [0.717, 1.165) is 17.7 Å². The summed E-state index contributed by atoms with van der Waals surface area (Å²) >= 11 is 0. The molecule has 0 atom stereocenters. The second-order valence-electron chi connectivity index (χ2n) is 5.43. The number of hydrogen-bond acceptors (Lipinski definition) is 4. The van der Waals surface area contributed by atoms with Gasteiger partial charge < -0.3 is 19.9 Å². The van der Waals surface area contributed by atoms with Gasteiger partial charge in [-0.3, -0.25) is 4.79 Å². The molecule has 0 unspecified atom stereocenters. The normalized spacial score (nSPS) is 10.1. The highest BCUT2D eigenvalue weighted by atomic mass is 16.5. The number of anilines is 1. The molecule has 25 heavy (non-hydrogen) atoms. The van der Waals surface area contributed by atoms with Crippen LogP contribution in [0.25, 0.3) is 0 Å². The van der Waals surface area contributed by atoms with E-state index in [2.05, 4.69) is 5.32 Å². The van der Waals surface area contributed by atoms with E-state index in [1.807, 2.05) is 31.2 Å². The van der Waals surface area contributed by atoms with Gasteiger partial charge in [0, 0.05) is 5.69 Å². The first-order valence-electron chi connectivity index (χ1n) is 8.03. The molecule has 2 aromatic rings. The highest BCUT2D eigenvalue weighted by Crippen LogP contribution is 2.17. The largest absolute Gasteiger partial charge is 0.494 e. The van der Waals surface area contributed by atoms with Crippen LogP contribution >= 0.6 is 0 Å². The summed E-state index contributed by atoms with van der Waals surface area (Å²) in [5.74, 6) is 0.00243. The van der Waals surface area contributed by atoms with E-state index in [4.69, 9.17) is 14.6 Å². The van der Waals surface area contributed by atoms with Gasteiger partial charge in [-0.05, 0) is 48.4 Å². The predicted molar refractivity (Wildman–Crippen MR) is 94.1 cm³/mol. The van der Waals surface area contributed by atoms with Crippen LogP contribution in [0.5, 0.6) is 11.5 Å². The molecule has 0 saturated carbocycles. The van der Waals surface area contributed by atoms with Crippen molar-refractivity contribution in [2.24, 2.45) is 0 Å². The monoisotopic (exact) mass is 343 g/mol. The van der Waals surface area contributed by atoms with E-state index in [9.17, 15) is 9.59 Å². The van der Waals surface area contributed by atoms with Gasteiger partial charge in [-0.1, -0.05) is 19.1 Å². The number of ether oxygens (including phenoxy) is 2. The standard InChI is InChI=1S/C19H21NO5/c1-2-10-24-17-5-3-4-14(11-17)12-18(21)20-15-6-8-16(9-7-15)25-13-19(22)23/h3-9,11H,2,10,12-13H2,1H3,(H,20,21)(H,22,23). The zero-order chi connectivity index (χ0) is 18.1. The van der Waals surface area contributed by atoms with E-state index in [1.54, 1.807) is 24.3 Å². The van der Waals surface area contributed by atoms with Crippen molar-refractivity contribution >= 4 is 17.6 Å². The van der Waals surface area contributed by atoms with Gasteiger partial charge in [0.1, 0.15) is 11.5 Å². The van der Waals surface area contributed by atoms with Crippen LogP contribution in [0, 0.1) is 0 Å². The van der Waals surface area contributed by atoms with Crippen molar-refractivity contribution in [2.45, 2.75) is 19.8 Å². The maximum atomic E-state index is 12.1. The number of amides is 1. The fourth-order valence-corrected chi connectivity index (χ4v) is 2.14. The molecule has 0 heterocycles. The molecule has 0 saturated heterocycles. The molecule has 0 bridgehead atoms. The average molecular weight is 343 g/mol. The second-order valence-corrected chi connectivity index (χ2v) is 5.43. The first-order chi connectivity index (χ1) is 12.1. The Kier molecular flexibility index (Phi) is 6.83. The van der Waals surface area contributed by atoms with E-state index < -0.39 is 12.6 Å². The summed E-state index contributed by atoms with van der Waals surface area (Å²) in [7, 11) is 0. The number of nitrogens with one attached hydrogen (secondary N) is 1. The number of rotatable bonds is 9. The number of carboxylic acid groups (broad SMARTS) is 1. The van der Waals surface area contributed by atoms with E-state index >= 15 is 0 Å². The van der Waals surface area contributed by atoms with E-state index in [1.165, 1.54) is 0 Å². The molecular formula is C19H21NO5. The molecule has 0 spiro atoms. The van der Waals surface area contributed by atoms with Crippen molar-refractivity contribution in [3.63, 3.8) is 0 Å². The summed E-state index contributed by atoms with van der Waals surface area (Å²) in [5.41, 5.74) is 1.48. The van der Waals surface area contributed by atoms with Crippen LogP contribution in [0.4, 0.5) is 5.69 Å². The fraction of sp³-hybridized carbons (Fsp3) is 0.263. The molecule has 132 valence electrons. The minimum absolute atomic E-state index is 0.146. The topological polar surface area (TPSA) is 84.9 Å². The first kappa shape index (κ1) is 18.3. The summed E-state index contributed by atoms with van der Waals surface area (Å²) in [6, 6.07) is 14.0. The number of carbonyl (C=O) groups excluding carboxylic acids is 1.